The average Bonchev–Trinajstić information content (AvgIpc) is 3.29. The van der Waals surface area contributed by atoms with Crippen LogP contribution in [0.2, 0.25) is 0 Å². The molecule has 0 bridgehead atoms. The molecule has 1 saturated heterocycles. The first-order valence-electron chi connectivity index (χ1n) is 12.5. The lowest BCUT2D eigenvalue weighted by Gasteiger charge is -2.26. The molecule has 1 aliphatic heterocycles. The van der Waals surface area contributed by atoms with Crippen LogP contribution in [0.1, 0.15) is 66.9 Å². The second-order valence-electron chi connectivity index (χ2n) is 10.0. The number of anilines is 1. The lowest BCUT2D eigenvalue weighted by atomic mass is 9.84. The molecule has 1 aromatic heterocycles. The first kappa shape index (κ1) is 21.1. The molecule has 174 valence electrons. The normalized spacial score (nSPS) is 24.0. The predicted octanol–water partition coefficient (Wildman–Crippen LogP) is 5.37. The summed E-state index contributed by atoms with van der Waals surface area (Å²) >= 11 is 0. The maximum atomic E-state index is 13.4. The largest absolute Gasteiger partial charge is 0.324 e. The van der Waals surface area contributed by atoms with Crippen LogP contribution < -0.4 is 5.32 Å². The second-order valence-corrected chi connectivity index (χ2v) is 10.0. The van der Waals surface area contributed by atoms with Gasteiger partial charge in [0.25, 0.3) is 5.91 Å². The Morgan fingerprint density at radius 2 is 1.71 bits per heavy atom. The molecule has 2 N–H and O–H groups in total. The lowest BCUT2D eigenvalue weighted by Crippen LogP contribution is -2.45. The lowest BCUT2D eigenvalue weighted by molar-refractivity contribution is -0.120. The van der Waals surface area contributed by atoms with E-state index in [0.717, 1.165) is 29.8 Å². The first-order valence-corrected chi connectivity index (χ1v) is 12.5. The highest BCUT2D eigenvalue weighted by Crippen LogP contribution is 2.48. The van der Waals surface area contributed by atoms with Crippen molar-refractivity contribution in [3.05, 3.63) is 71.9 Å². The molecular weight excluding hydrogens is 424 g/mol. The van der Waals surface area contributed by atoms with Gasteiger partial charge in [0, 0.05) is 17.3 Å². The number of rotatable bonds is 5. The fraction of sp³-hybridized carbons (Fsp3) is 0.393. The highest BCUT2D eigenvalue weighted by Gasteiger charge is 2.56. The summed E-state index contributed by atoms with van der Waals surface area (Å²) in [7, 11) is 0. The van der Waals surface area contributed by atoms with Crippen LogP contribution in [-0.4, -0.2) is 39.0 Å². The SMILES string of the molecule is O=C(Nc1ccc(C2CCCCC2)cc1)[C@H]1C[C@H]2C[C@H]2N1C(=O)c1cc(-c2ccccc2)n[nH]1. The second kappa shape index (κ2) is 8.75. The van der Waals surface area contributed by atoms with Crippen LogP contribution in [0.3, 0.4) is 0 Å². The van der Waals surface area contributed by atoms with E-state index < -0.39 is 6.04 Å². The summed E-state index contributed by atoms with van der Waals surface area (Å²) in [6.07, 6.45) is 8.17. The van der Waals surface area contributed by atoms with Crippen molar-refractivity contribution in [3.8, 4) is 11.3 Å². The molecule has 2 amide bonds. The number of benzene rings is 2. The maximum absolute atomic E-state index is 13.4. The smallest absolute Gasteiger partial charge is 0.272 e. The molecule has 6 heteroatoms. The Morgan fingerprint density at radius 3 is 2.47 bits per heavy atom. The molecule has 3 aliphatic rings. The number of aromatic nitrogens is 2. The van der Waals surface area contributed by atoms with E-state index in [1.165, 1.54) is 37.7 Å². The summed E-state index contributed by atoms with van der Waals surface area (Å²) < 4.78 is 0. The molecule has 2 saturated carbocycles. The van der Waals surface area contributed by atoms with E-state index in [2.05, 4.69) is 27.6 Å². The number of carbonyl (C=O) groups is 2. The zero-order valence-electron chi connectivity index (χ0n) is 19.2. The van der Waals surface area contributed by atoms with Gasteiger partial charge in [-0.15, -0.1) is 0 Å². The Hall–Kier alpha value is -3.41. The van der Waals surface area contributed by atoms with Crippen molar-refractivity contribution in [1.29, 1.82) is 0 Å². The van der Waals surface area contributed by atoms with Gasteiger partial charge in [-0.3, -0.25) is 14.7 Å². The number of amides is 2. The average molecular weight is 455 g/mol. The van der Waals surface area contributed by atoms with Gasteiger partial charge in [0.1, 0.15) is 11.7 Å². The molecule has 0 unspecified atom stereocenters. The van der Waals surface area contributed by atoms with Crippen LogP contribution >= 0.6 is 0 Å². The summed E-state index contributed by atoms with van der Waals surface area (Å²) in [5.74, 6) is 0.815. The van der Waals surface area contributed by atoms with Crippen LogP contribution in [-0.2, 0) is 4.79 Å². The van der Waals surface area contributed by atoms with Crippen molar-refractivity contribution in [2.75, 3.05) is 5.32 Å². The van der Waals surface area contributed by atoms with Gasteiger partial charge in [-0.05, 0) is 61.3 Å². The Labute approximate surface area is 199 Å². The number of nitrogens with zero attached hydrogens (tertiary/aromatic N) is 2. The Kier molecular flexibility index (Phi) is 5.44. The third kappa shape index (κ3) is 4.02. The van der Waals surface area contributed by atoms with Gasteiger partial charge in [-0.25, -0.2) is 0 Å². The van der Waals surface area contributed by atoms with Crippen molar-refractivity contribution in [1.82, 2.24) is 15.1 Å². The molecule has 2 aliphatic carbocycles. The monoisotopic (exact) mass is 454 g/mol. The van der Waals surface area contributed by atoms with Gasteiger partial charge in [0.2, 0.25) is 5.91 Å². The van der Waals surface area contributed by atoms with Gasteiger partial charge in [0.15, 0.2) is 0 Å². The van der Waals surface area contributed by atoms with Crippen molar-refractivity contribution in [3.63, 3.8) is 0 Å². The Balaban J connectivity index is 1.15. The molecule has 0 radical (unpaired) electrons. The topological polar surface area (TPSA) is 78.1 Å². The fourth-order valence-electron chi connectivity index (χ4n) is 5.81. The van der Waals surface area contributed by atoms with E-state index in [4.69, 9.17) is 0 Å². The van der Waals surface area contributed by atoms with Crippen molar-refractivity contribution < 1.29 is 9.59 Å². The molecule has 2 aromatic carbocycles. The quantitative estimate of drug-likeness (QED) is 0.544. The van der Waals surface area contributed by atoms with Crippen LogP contribution in [0.15, 0.2) is 60.7 Å². The summed E-state index contributed by atoms with van der Waals surface area (Å²) in [6, 6.07) is 19.6. The maximum Gasteiger partial charge on any atom is 0.272 e. The van der Waals surface area contributed by atoms with E-state index in [1.54, 1.807) is 11.0 Å². The molecule has 34 heavy (non-hydrogen) atoms. The molecule has 6 rings (SSSR count). The Bertz CT molecular complexity index is 1180. The zero-order chi connectivity index (χ0) is 23.1. The van der Waals surface area contributed by atoms with Crippen molar-refractivity contribution >= 4 is 17.5 Å². The number of carbonyl (C=O) groups excluding carboxylic acids is 2. The van der Waals surface area contributed by atoms with Gasteiger partial charge >= 0.3 is 0 Å². The number of hydrogen-bond donors (Lipinski definition) is 2. The number of aromatic amines is 1. The van der Waals surface area contributed by atoms with Crippen LogP contribution in [0.25, 0.3) is 11.3 Å². The molecule has 3 fully saturated rings. The van der Waals surface area contributed by atoms with Gasteiger partial charge in [-0.2, -0.15) is 5.10 Å². The van der Waals surface area contributed by atoms with E-state index >= 15 is 0 Å². The summed E-state index contributed by atoms with van der Waals surface area (Å²) in [5.41, 5.74) is 4.28. The number of piperidine rings is 1. The highest BCUT2D eigenvalue weighted by molar-refractivity contribution is 6.01. The number of nitrogens with one attached hydrogen (secondary N) is 2. The first-order chi connectivity index (χ1) is 16.7. The van der Waals surface area contributed by atoms with E-state index in [0.29, 0.717) is 17.5 Å². The van der Waals surface area contributed by atoms with Crippen molar-refractivity contribution in [2.24, 2.45) is 5.92 Å². The minimum absolute atomic E-state index is 0.103. The van der Waals surface area contributed by atoms with E-state index in [9.17, 15) is 9.59 Å². The zero-order valence-corrected chi connectivity index (χ0v) is 19.2. The van der Waals surface area contributed by atoms with Crippen LogP contribution in [0, 0.1) is 5.92 Å². The molecule has 0 spiro atoms. The predicted molar refractivity (Wildman–Crippen MR) is 131 cm³/mol. The molecule has 2 heterocycles. The van der Waals surface area contributed by atoms with Gasteiger partial charge < -0.3 is 10.2 Å². The van der Waals surface area contributed by atoms with E-state index in [1.807, 2.05) is 42.5 Å². The molecular formula is C28H30N4O2. The number of hydrogen-bond acceptors (Lipinski definition) is 3. The Morgan fingerprint density at radius 1 is 0.941 bits per heavy atom. The third-order valence-electron chi connectivity index (χ3n) is 7.77. The molecule has 3 aromatic rings. The van der Waals surface area contributed by atoms with Gasteiger partial charge in [0.05, 0.1) is 5.69 Å². The molecule has 6 nitrogen and oxygen atoms in total. The van der Waals surface area contributed by atoms with Crippen molar-refractivity contribution in [2.45, 2.75) is 62.9 Å². The number of likely N-dealkylation sites (tertiary alicyclic amines) is 1. The summed E-state index contributed by atoms with van der Waals surface area (Å²) in [4.78, 5) is 28.4. The minimum atomic E-state index is -0.447. The number of H-pyrrole nitrogens is 1. The van der Waals surface area contributed by atoms with Crippen LogP contribution in [0.5, 0.6) is 0 Å². The van der Waals surface area contributed by atoms with E-state index in [-0.39, 0.29) is 17.9 Å². The fourth-order valence-corrected chi connectivity index (χ4v) is 5.81. The highest BCUT2D eigenvalue weighted by atomic mass is 16.2. The summed E-state index contributed by atoms with van der Waals surface area (Å²) in [5, 5.41) is 10.3. The standard InChI is InChI=1S/C28H30N4O2/c33-27(29-22-13-11-19(12-14-22)18-7-3-1-4-8-18)26-16-21-15-25(21)32(26)28(34)24-17-23(30-31-24)20-9-5-2-6-10-20/h2,5-6,9-14,17-18,21,25-26H,1,3-4,7-8,15-16H2,(H,29,33)(H,30,31)/t21-,25-,26-/m1/s1. The number of fused-ring (bicyclic) bond motifs is 1. The van der Waals surface area contributed by atoms with Crippen LogP contribution in [0.4, 0.5) is 5.69 Å². The molecule has 3 atom stereocenters. The van der Waals surface area contributed by atoms with Gasteiger partial charge in [-0.1, -0.05) is 61.7 Å². The minimum Gasteiger partial charge on any atom is -0.324 e. The third-order valence-corrected chi connectivity index (χ3v) is 7.77. The summed E-state index contributed by atoms with van der Waals surface area (Å²) in [6.45, 7) is 0.